The van der Waals surface area contributed by atoms with Gasteiger partial charge in [-0.05, 0) is 47.0 Å². The number of hydrogen-bond acceptors (Lipinski definition) is 5. The minimum absolute atomic E-state index is 0.113. The Hall–Kier alpha value is -1.17. The first-order valence-corrected chi connectivity index (χ1v) is 15.0. The monoisotopic (exact) mass is 444 g/mol. The van der Waals surface area contributed by atoms with Crippen LogP contribution in [0.2, 0.25) is 25.7 Å². The standard InChI is InChI=1S/C10H20O2.C8H20Si.C6H8O3/c1-7-10(5,6)8(11)12-9(2,3)4;1-6-8(2)7-9(3,4)5;1-3-4(2)6(8)9-5(3)7/h7H2,1-6H3;8H,6-7H2,1-5H3;3-4H,1-2H3. The van der Waals surface area contributed by atoms with E-state index < -0.39 is 20.0 Å². The molecule has 1 heterocycles. The van der Waals surface area contributed by atoms with E-state index in [0.717, 1.165) is 12.3 Å². The second-order valence-electron chi connectivity index (χ2n) is 11.3. The molecule has 0 bridgehead atoms. The molecule has 30 heavy (non-hydrogen) atoms. The first kappa shape index (κ1) is 31.0. The van der Waals surface area contributed by atoms with E-state index in [1.165, 1.54) is 12.5 Å². The van der Waals surface area contributed by atoms with Crippen LogP contribution in [-0.2, 0) is 23.9 Å². The smallest absolute Gasteiger partial charge is 0.317 e. The molecule has 0 spiro atoms. The van der Waals surface area contributed by atoms with Gasteiger partial charge in [-0.15, -0.1) is 0 Å². The zero-order valence-corrected chi connectivity index (χ0v) is 22.9. The highest BCUT2D eigenvalue weighted by atomic mass is 28.3. The SMILES string of the molecule is CC1C(=O)OC(=O)C1C.CCC(C)(C)C(=O)OC(C)(C)C.CCC(C)C[Si](C)(C)C. The maximum Gasteiger partial charge on any atom is 0.317 e. The number of rotatable bonds is 5. The molecule has 0 N–H and O–H groups in total. The van der Waals surface area contributed by atoms with Crippen LogP contribution in [0.15, 0.2) is 0 Å². The summed E-state index contributed by atoms with van der Waals surface area (Å²) in [6, 6.07) is 1.49. The molecule has 0 aromatic rings. The van der Waals surface area contributed by atoms with E-state index in [-0.39, 0.29) is 28.8 Å². The van der Waals surface area contributed by atoms with E-state index in [4.69, 9.17) is 4.74 Å². The van der Waals surface area contributed by atoms with E-state index in [1.807, 2.05) is 41.5 Å². The molecular weight excluding hydrogens is 396 g/mol. The molecule has 0 saturated carbocycles. The second-order valence-corrected chi connectivity index (χ2v) is 16.9. The third-order valence-corrected chi connectivity index (χ3v) is 7.11. The van der Waals surface area contributed by atoms with Crippen molar-refractivity contribution in [1.29, 1.82) is 0 Å². The van der Waals surface area contributed by atoms with Gasteiger partial charge in [-0.3, -0.25) is 14.4 Å². The van der Waals surface area contributed by atoms with Gasteiger partial charge in [-0.2, -0.15) is 0 Å². The lowest BCUT2D eigenvalue weighted by molar-refractivity contribution is -0.165. The van der Waals surface area contributed by atoms with Crippen molar-refractivity contribution in [3.8, 4) is 0 Å². The number of carbonyl (C=O) groups excluding carboxylic acids is 3. The Balaban J connectivity index is 0. The van der Waals surface area contributed by atoms with Crippen LogP contribution >= 0.6 is 0 Å². The molecule has 1 aliphatic heterocycles. The van der Waals surface area contributed by atoms with Crippen molar-refractivity contribution in [3.05, 3.63) is 0 Å². The van der Waals surface area contributed by atoms with E-state index in [0.29, 0.717) is 0 Å². The van der Waals surface area contributed by atoms with Crippen LogP contribution in [0.5, 0.6) is 0 Å². The summed E-state index contributed by atoms with van der Waals surface area (Å²) in [6.45, 7) is 26.8. The summed E-state index contributed by atoms with van der Waals surface area (Å²) in [5, 5.41) is 0. The average Bonchev–Trinajstić information content (AvgIpc) is 2.79. The molecule has 1 saturated heterocycles. The van der Waals surface area contributed by atoms with Crippen LogP contribution in [0.4, 0.5) is 0 Å². The van der Waals surface area contributed by atoms with Gasteiger partial charge in [0.05, 0.1) is 17.3 Å². The molecule has 1 aliphatic rings. The number of carbonyl (C=O) groups is 3. The van der Waals surface area contributed by atoms with Crippen LogP contribution < -0.4 is 0 Å². The predicted molar refractivity (Wildman–Crippen MR) is 127 cm³/mol. The van der Waals surface area contributed by atoms with Crippen molar-refractivity contribution in [2.24, 2.45) is 23.2 Å². The molecule has 0 aliphatic carbocycles. The fourth-order valence-corrected chi connectivity index (χ4v) is 4.82. The van der Waals surface area contributed by atoms with Gasteiger partial charge in [0, 0.05) is 8.07 Å². The molecule has 1 fully saturated rings. The van der Waals surface area contributed by atoms with Crippen molar-refractivity contribution >= 4 is 26.0 Å². The lowest BCUT2D eigenvalue weighted by Crippen LogP contribution is -2.33. The Morgan fingerprint density at radius 3 is 1.57 bits per heavy atom. The lowest BCUT2D eigenvalue weighted by Gasteiger charge is -2.27. The van der Waals surface area contributed by atoms with Gasteiger partial charge < -0.3 is 9.47 Å². The summed E-state index contributed by atoms with van der Waals surface area (Å²) in [6.07, 6.45) is 2.16. The zero-order valence-electron chi connectivity index (χ0n) is 21.9. The summed E-state index contributed by atoms with van der Waals surface area (Å²) < 4.78 is 9.56. The Morgan fingerprint density at radius 2 is 1.40 bits per heavy atom. The van der Waals surface area contributed by atoms with E-state index in [2.05, 4.69) is 38.2 Å². The summed E-state index contributed by atoms with van der Waals surface area (Å²) in [4.78, 5) is 32.6. The number of hydrogen-bond donors (Lipinski definition) is 0. The third kappa shape index (κ3) is 13.9. The molecular formula is C24H48O5Si. The van der Waals surface area contributed by atoms with Gasteiger partial charge in [-0.1, -0.05) is 66.7 Å². The Bertz CT molecular complexity index is 537. The predicted octanol–water partition coefficient (Wildman–Crippen LogP) is 6.48. The summed E-state index contributed by atoms with van der Waals surface area (Å²) in [7, 11) is -0.741. The minimum atomic E-state index is -0.741. The number of esters is 3. The summed E-state index contributed by atoms with van der Waals surface area (Å²) >= 11 is 0. The maximum atomic E-state index is 11.5. The molecule has 5 nitrogen and oxygen atoms in total. The topological polar surface area (TPSA) is 69.7 Å². The Kier molecular flexibility index (Phi) is 13.1. The largest absolute Gasteiger partial charge is 0.460 e. The highest BCUT2D eigenvalue weighted by Crippen LogP contribution is 2.24. The Morgan fingerprint density at radius 1 is 1.00 bits per heavy atom. The van der Waals surface area contributed by atoms with Crippen LogP contribution in [0, 0.1) is 23.2 Å². The van der Waals surface area contributed by atoms with Crippen molar-refractivity contribution in [2.75, 3.05) is 0 Å². The normalized spacial score (nSPS) is 20.3. The first-order valence-electron chi connectivity index (χ1n) is 11.3. The fraction of sp³-hybridized carbons (Fsp3) is 0.875. The molecule has 178 valence electrons. The molecule has 3 unspecified atom stereocenters. The average molecular weight is 445 g/mol. The molecule has 3 atom stereocenters. The quantitative estimate of drug-likeness (QED) is 0.276. The molecule has 0 radical (unpaired) electrons. The molecule has 6 heteroatoms. The number of cyclic esters (lactones) is 2. The molecule has 0 amide bonds. The van der Waals surface area contributed by atoms with Gasteiger partial charge >= 0.3 is 17.9 Å². The van der Waals surface area contributed by atoms with E-state index >= 15 is 0 Å². The van der Waals surface area contributed by atoms with Crippen LogP contribution in [-0.4, -0.2) is 31.6 Å². The van der Waals surface area contributed by atoms with Crippen LogP contribution in [0.3, 0.4) is 0 Å². The maximum absolute atomic E-state index is 11.5. The molecule has 0 aromatic carbocycles. The van der Waals surface area contributed by atoms with Gasteiger partial charge in [-0.25, -0.2) is 0 Å². The fourth-order valence-electron chi connectivity index (χ4n) is 2.44. The minimum Gasteiger partial charge on any atom is -0.460 e. The van der Waals surface area contributed by atoms with E-state index in [1.54, 1.807) is 13.8 Å². The summed E-state index contributed by atoms with van der Waals surface area (Å²) in [5.74, 6) is -0.454. The highest BCUT2D eigenvalue weighted by Gasteiger charge is 2.37. The van der Waals surface area contributed by atoms with Crippen molar-refractivity contribution in [1.82, 2.24) is 0 Å². The van der Waals surface area contributed by atoms with Crippen LogP contribution in [0.25, 0.3) is 0 Å². The highest BCUT2D eigenvalue weighted by molar-refractivity contribution is 6.76. The van der Waals surface area contributed by atoms with Crippen molar-refractivity contribution in [2.45, 2.75) is 113 Å². The van der Waals surface area contributed by atoms with Crippen LogP contribution in [0.1, 0.15) is 82.1 Å². The van der Waals surface area contributed by atoms with Crippen molar-refractivity contribution < 1.29 is 23.9 Å². The lowest BCUT2D eigenvalue weighted by atomic mass is 9.90. The molecule has 0 aromatic heterocycles. The summed E-state index contributed by atoms with van der Waals surface area (Å²) in [5.41, 5.74) is -0.725. The van der Waals surface area contributed by atoms with Gasteiger partial charge in [0.25, 0.3) is 0 Å². The third-order valence-electron chi connectivity index (χ3n) is 5.19. The molecule has 1 rings (SSSR count). The number of ether oxygens (including phenoxy) is 2. The Labute approximate surface area is 186 Å². The van der Waals surface area contributed by atoms with Crippen molar-refractivity contribution in [3.63, 3.8) is 0 Å². The van der Waals surface area contributed by atoms with Gasteiger partial charge in [0.2, 0.25) is 0 Å². The second kappa shape index (κ2) is 12.6. The van der Waals surface area contributed by atoms with Gasteiger partial charge in [0.15, 0.2) is 0 Å². The van der Waals surface area contributed by atoms with Gasteiger partial charge in [0.1, 0.15) is 5.60 Å². The zero-order chi connectivity index (χ0) is 24.5. The first-order chi connectivity index (χ1) is 13.3. The van der Waals surface area contributed by atoms with E-state index in [9.17, 15) is 14.4 Å².